The predicted molar refractivity (Wildman–Crippen MR) is 66.7 cm³/mol. The number of anilines is 1. The second-order valence-corrected chi connectivity index (χ2v) is 3.91. The fourth-order valence-electron chi connectivity index (χ4n) is 1.39. The van der Waals surface area contributed by atoms with Gasteiger partial charge in [0.1, 0.15) is 18.0 Å². The fourth-order valence-corrected chi connectivity index (χ4v) is 1.39. The highest BCUT2D eigenvalue weighted by Crippen LogP contribution is 2.14. The quantitative estimate of drug-likeness (QED) is 0.258. The first-order chi connectivity index (χ1) is 9.40. The molecule has 0 saturated carbocycles. The van der Waals surface area contributed by atoms with Crippen molar-refractivity contribution in [1.29, 1.82) is 0 Å². The predicted octanol–water partition coefficient (Wildman–Crippen LogP) is -3.05. The number of hydrogen-bond donors (Lipinski definition) is 7. The number of aromatic nitrogens is 2. The Balaban J connectivity index is 2.82. The lowest BCUT2D eigenvalue weighted by Crippen LogP contribution is -2.43. The molecule has 7 N–H and O–H groups in total. The Morgan fingerprint density at radius 1 is 1.15 bits per heavy atom. The van der Waals surface area contributed by atoms with Crippen LogP contribution in [0, 0.1) is 4.91 Å². The van der Waals surface area contributed by atoms with E-state index in [2.05, 4.69) is 15.5 Å². The summed E-state index contributed by atoms with van der Waals surface area (Å²) in [5, 5.41) is 41.4. The lowest BCUT2D eigenvalue weighted by molar-refractivity contribution is -0.0715. The summed E-state index contributed by atoms with van der Waals surface area (Å²) < 4.78 is 0. The van der Waals surface area contributed by atoms with E-state index in [-0.39, 0.29) is 5.82 Å². The Bertz CT molecular complexity index is 568. The standard InChI is InChI=1S/C9H14N4O7/c14-2-4(16)6(17)3(15)1-10-7-5(13-20)8(18)12-9(19)11-7/h3-4,6,14-17H,1-2H2,(H3,10,11,12,18,19). The molecule has 1 aromatic rings. The van der Waals surface area contributed by atoms with Crippen LogP contribution < -0.4 is 16.6 Å². The van der Waals surface area contributed by atoms with Crippen molar-refractivity contribution in [3.8, 4) is 0 Å². The van der Waals surface area contributed by atoms with Crippen LogP contribution in [0.1, 0.15) is 0 Å². The number of aromatic amines is 2. The molecule has 3 unspecified atom stereocenters. The van der Waals surface area contributed by atoms with Gasteiger partial charge in [-0.3, -0.25) is 14.8 Å². The van der Waals surface area contributed by atoms with Crippen molar-refractivity contribution in [1.82, 2.24) is 9.97 Å². The molecule has 0 aliphatic heterocycles. The van der Waals surface area contributed by atoms with E-state index in [1.54, 1.807) is 4.98 Å². The summed E-state index contributed by atoms with van der Waals surface area (Å²) >= 11 is 0. The van der Waals surface area contributed by atoms with E-state index < -0.39 is 48.4 Å². The molecule has 3 atom stereocenters. The van der Waals surface area contributed by atoms with E-state index in [9.17, 15) is 24.7 Å². The summed E-state index contributed by atoms with van der Waals surface area (Å²) in [6.07, 6.45) is -4.75. The number of aliphatic hydroxyl groups excluding tert-OH is 4. The normalized spacial score (nSPS) is 15.4. The van der Waals surface area contributed by atoms with Crippen LogP contribution in [0.5, 0.6) is 0 Å². The monoisotopic (exact) mass is 290 g/mol. The van der Waals surface area contributed by atoms with E-state index >= 15 is 0 Å². The summed E-state index contributed by atoms with van der Waals surface area (Å²) in [5.74, 6) is -0.335. The van der Waals surface area contributed by atoms with Crippen LogP contribution in [0.4, 0.5) is 11.5 Å². The average Bonchev–Trinajstić information content (AvgIpc) is 2.42. The highest BCUT2D eigenvalue weighted by Gasteiger charge is 2.24. The molecule has 0 bridgehead atoms. The van der Waals surface area contributed by atoms with Crippen molar-refractivity contribution in [3.05, 3.63) is 25.7 Å². The molecule has 0 aliphatic carbocycles. The summed E-state index contributed by atoms with van der Waals surface area (Å²) in [6.45, 7) is -1.18. The highest BCUT2D eigenvalue weighted by atomic mass is 16.4. The van der Waals surface area contributed by atoms with Crippen molar-refractivity contribution >= 4 is 11.5 Å². The van der Waals surface area contributed by atoms with Crippen LogP contribution in [0.15, 0.2) is 14.8 Å². The molecule has 112 valence electrons. The molecule has 1 aromatic heterocycles. The number of aliphatic hydroxyl groups is 4. The Labute approximate surface area is 110 Å². The van der Waals surface area contributed by atoms with Gasteiger partial charge in [0.15, 0.2) is 0 Å². The topological polar surface area (TPSA) is 188 Å². The lowest BCUT2D eigenvalue weighted by atomic mass is 10.1. The second-order valence-electron chi connectivity index (χ2n) is 3.91. The van der Waals surface area contributed by atoms with Crippen molar-refractivity contribution in [3.63, 3.8) is 0 Å². The van der Waals surface area contributed by atoms with Gasteiger partial charge in [-0.2, -0.15) is 0 Å². The minimum atomic E-state index is -1.66. The first-order valence-corrected chi connectivity index (χ1v) is 5.49. The van der Waals surface area contributed by atoms with Crippen LogP contribution in [0.25, 0.3) is 0 Å². The van der Waals surface area contributed by atoms with E-state index in [1.165, 1.54) is 0 Å². The average molecular weight is 290 g/mol. The van der Waals surface area contributed by atoms with Crippen molar-refractivity contribution in [2.75, 3.05) is 18.5 Å². The Morgan fingerprint density at radius 2 is 1.80 bits per heavy atom. The van der Waals surface area contributed by atoms with Gasteiger partial charge in [-0.1, -0.05) is 0 Å². The number of H-pyrrole nitrogens is 2. The van der Waals surface area contributed by atoms with Crippen molar-refractivity contribution in [2.24, 2.45) is 5.18 Å². The van der Waals surface area contributed by atoms with Gasteiger partial charge < -0.3 is 25.7 Å². The minimum absolute atomic E-state index is 0.335. The van der Waals surface area contributed by atoms with Gasteiger partial charge in [-0.15, -0.1) is 4.91 Å². The van der Waals surface area contributed by atoms with E-state index in [1.807, 2.05) is 0 Å². The molecule has 0 radical (unpaired) electrons. The summed E-state index contributed by atoms with van der Waals surface area (Å²) in [5.41, 5.74) is -2.54. The van der Waals surface area contributed by atoms with Crippen LogP contribution >= 0.6 is 0 Å². The zero-order chi connectivity index (χ0) is 15.3. The SMILES string of the molecule is O=Nc1c(NCC(O)C(O)C(O)CO)[nH]c(=O)[nH]c1=O. The number of rotatable bonds is 7. The number of nitroso groups, excluding NO2 is 1. The molecule has 0 saturated heterocycles. The van der Waals surface area contributed by atoms with Crippen molar-refractivity contribution in [2.45, 2.75) is 18.3 Å². The van der Waals surface area contributed by atoms with E-state index in [4.69, 9.17) is 10.2 Å². The Morgan fingerprint density at radius 3 is 2.35 bits per heavy atom. The first-order valence-electron chi connectivity index (χ1n) is 5.49. The summed E-state index contributed by atoms with van der Waals surface area (Å²) in [7, 11) is 0. The first kappa shape index (κ1) is 16.0. The molecule has 0 amide bonds. The molecule has 0 spiro atoms. The molecular formula is C9H14N4O7. The van der Waals surface area contributed by atoms with Crippen LogP contribution in [0.2, 0.25) is 0 Å². The third kappa shape index (κ3) is 3.71. The van der Waals surface area contributed by atoms with Gasteiger partial charge in [0.25, 0.3) is 5.56 Å². The fraction of sp³-hybridized carbons (Fsp3) is 0.556. The highest BCUT2D eigenvalue weighted by molar-refractivity contribution is 5.58. The lowest BCUT2D eigenvalue weighted by Gasteiger charge is -2.22. The molecule has 0 aromatic carbocycles. The van der Waals surface area contributed by atoms with E-state index in [0.29, 0.717) is 0 Å². The maximum Gasteiger partial charge on any atom is 0.327 e. The molecule has 20 heavy (non-hydrogen) atoms. The maximum atomic E-state index is 11.2. The molecule has 0 aliphatic rings. The van der Waals surface area contributed by atoms with Crippen LogP contribution in [-0.4, -0.2) is 61.9 Å². The van der Waals surface area contributed by atoms with Gasteiger partial charge in [0.05, 0.1) is 12.7 Å². The van der Waals surface area contributed by atoms with Crippen molar-refractivity contribution < 1.29 is 20.4 Å². The minimum Gasteiger partial charge on any atom is -0.394 e. The number of nitrogens with one attached hydrogen (secondary N) is 3. The zero-order valence-corrected chi connectivity index (χ0v) is 10.1. The maximum absolute atomic E-state index is 11.2. The molecule has 1 heterocycles. The third-order valence-corrected chi connectivity index (χ3v) is 2.47. The smallest absolute Gasteiger partial charge is 0.327 e. The largest absolute Gasteiger partial charge is 0.394 e. The van der Waals surface area contributed by atoms with Crippen LogP contribution in [0.3, 0.4) is 0 Å². The van der Waals surface area contributed by atoms with Gasteiger partial charge in [-0.05, 0) is 5.18 Å². The van der Waals surface area contributed by atoms with Gasteiger partial charge in [0.2, 0.25) is 5.69 Å². The second kappa shape index (κ2) is 6.91. The molecule has 11 nitrogen and oxygen atoms in total. The summed E-state index contributed by atoms with van der Waals surface area (Å²) in [4.78, 5) is 36.6. The van der Waals surface area contributed by atoms with Crippen LogP contribution in [-0.2, 0) is 0 Å². The van der Waals surface area contributed by atoms with Gasteiger partial charge in [-0.25, -0.2) is 4.79 Å². The zero-order valence-electron chi connectivity index (χ0n) is 10.1. The molecule has 0 fully saturated rings. The Hall–Kier alpha value is -2.08. The molecule has 11 heteroatoms. The van der Waals surface area contributed by atoms with Gasteiger partial charge in [0, 0.05) is 6.54 Å². The number of hydrogen-bond acceptors (Lipinski definition) is 9. The van der Waals surface area contributed by atoms with Gasteiger partial charge >= 0.3 is 5.69 Å². The molecule has 1 rings (SSSR count). The summed E-state index contributed by atoms with van der Waals surface area (Å²) in [6, 6.07) is 0. The van der Waals surface area contributed by atoms with E-state index in [0.717, 1.165) is 0 Å². The Kier molecular flexibility index (Phi) is 5.52. The third-order valence-electron chi connectivity index (χ3n) is 2.47. The number of nitrogens with zero attached hydrogens (tertiary/aromatic N) is 1. The molecular weight excluding hydrogens is 276 g/mol.